The number of nitrogens with zero attached hydrogens (tertiary/aromatic N) is 2. The van der Waals surface area contributed by atoms with Crippen molar-refractivity contribution in [2.24, 2.45) is 5.92 Å². The van der Waals surface area contributed by atoms with E-state index in [0.29, 0.717) is 29.6 Å². The number of hydrogen-bond donors (Lipinski definition) is 0. The average Bonchev–Trinajstić information content (AvgIpc) is 3.72. The Labute approximate surface area is 225 Å². The van der Waals surface area contributed by atoms with Gasteiger partial charge in [0.15, 0.2) is 6.23 Å². The van der Waals surface area contributed by atoms with Gasteiger partial charge >= 0.3 is 6.09 Å². The molecule has 2 atom stereocenters. The molecule has 2 saturated heterocycles. The first-order valence-corrected chi connectivity index (χ1v) is 13.3. The van der Waals surface area contributed by atoms with Crippen LogP contribution in [0, 0.1) is 5.92 Å². The summed E-state index contributed by atoms with van der Waals surface area (Å²) in [5, 5.41) is 2.52. The van der Waals surface area contributed by atoms with Crippen LogP contribution in [0.25, 0.3) is 11.1 Å². The zero-order valence-corrected chi connectivity index (χ0v) is 21.6. The number of hydroxylamine groups is 2. The van der Waals surface area contributed by atoms with E-state index >= 15 is 0 Å². The van der Waals surface area contributed by atoms with Gasteiger partial charge in [0.05, 0.1) is 0 Å². The Balaban J connectivity index is 1.05. The topological polar surface area (TPSA) is 62.4 Å². The Morgan fingerprint density at radius 3 is 2.27 bits per heavy atom. The van der Waals surface area contributed by atoms with Gasteiger partial charge in [-0.1, -0.05) is 53.5 Å². The van der Waals surface area contributed by atoms with Crippen molar-refractivity contribution in [1.29, 1.82) is 0 Å². The van der Waals surface area contributed by atoms with Gasteiger partial charge in [0.1, 0.15) is 6.10 Å². The van der Waals surface area contributed by atoms with Gasteiger partial charge in [0.2, 0.25) is 0 Å². The maximum Gasteiger partial charge on any atom is 0.434 e. The van der Waals surface area contributed by atoms with Gasteiger partial charge in [-0.15, -0.1) is 5.06 Å². The number of amides is 2. The van der Waals surface area contributed by atoms with E-state index in [1.165, 1.54) is 5.56 Å². The van der Waals surface area contributed by atoms with E-state index in [1.807, 2.05) is 48.5 Å². The normalized spacial score (nSPS) is 20.9. The molecule has 6 nitrogen and oxygen atoms in total. The maximum atomic E-state index is 13.2. The van der Waals surface area contributed by atoms with Gasteiger partial charge in [-0.3, -0.25) is 4.79 Å². The van der Waals surface area contributed by atoms with E-state index in [1.54, 1.807) is 11.0 Å². The summed E-state index contributed by atoms with van der Waals surface area (Å²) < 4.78 is 5.76. The summed E-state index contributed by atoms with van der Waals surface area (Å²) in [6, 6.07) is 21.1. The molecule has 3 aromatic carbocycles. The van der Waals surface area contributed by atoms with Crippen molar-refractivity contribution in [3.05, 3.63) is 93.5 Å². The number of piperidine rings is 1. The van der Waals surface area contributed by atoms with Crippen molar-refractivity contribution in [2.45, 2.75) is 38.0 Å². The van der Waals surface area contributed by atoms with E-state index in [9.17, 15) is 9.59 Å². The molecule has 2 amide bonds. The summed E-state index contributed by atoms with van der Waals surface area (Å²) in [4.78, 5) is 33.3. The van der Waals surface area contributed by atoms with E-state index in [4.69, 9.17) is 32.8 Å². The summed E-state index contributed by atoms with van der Waals surface area (Å²) in [6.45, 7) is 1.23. The minimum absolute atomic E-state index is 0.300. The van der Waals surface area contributed by atoms with Crippen molar-refractivity contribution in [2.75, 3.05) is 13.1 Å². The van der Waals surface area contributed by atoms with Crippen LogP contribution in [0.2, 0.25) is 10.0 Å². The van der Waals surface area contributed by atoms with Crippen LogP contribution in [-0.2, 0) is 16.0 Å². The predicted octanol–water partition coefficient (Wildman–Crippen LogP) is 6.91. The molecule has 0 bridgehead atoms. The van der Waals surface area contributed by atoms with Crippen molar-refractivity contribution < 1.29 is 19.2 Å². The highest BCUT2D eigenvalue weighted by Gasteiger charge is 2.55. The first kappa shape index (κ1) is 24.3. The fraction of sp³-hybridized carbons (Fsp3) is 0.310. The lowest BCUT2D eigenvalue weighted by atomic mass is 9.91. The maximum absolute atomic E-state index is 13.2. The molecule has 0 radical (unpaired) electrons. The van der Waals surface area contributed by atoms with E-state index in [-0.39, 0.29) is 12.0 Å². The number of benzene rings is 3. The number of ether oxygens (including phenoxy) is 1. The zero-order valence-electron chi connectivity index (χ0n) is 20.1. The third-order valence-corrected chi connectivity index (χ3v) is 7.97. The molecule has 3 heterocycles. The molecule has 190 valence electrons. The first-order valence-electron chi connectivity index (χ1n) is 12.6. The van der Waals surface area contributed by atoms with Crippen LogP contribution in [0.15, 0.2) is 66.7 Å². The van der Waals surface area contributed by atoms with Crippen LogP contribution in [0.1, 0.15) is 46.9 Å². The number of hydrogen-bond acceptors (Lipinski definition) is 4. The molecule has 6 rings (SSSR count). The van der Waals surface area contributed by atoms with E-state index in [0.717, 1.165) is 52.5 Å². The third-order valence-electron chi connectivity index (χ3n) is 7.47. The van der Waals surface area contributed by atoms with Gasteiger partial charge in [0, 0.05) is 28.7 Å². The molecule has 3 aliphatic heterocycles. The molecule has 8 heteroatoms. The molecule has 0 saturated carbocycles. The highest BCUT2D eigenvalue weighted by Crippen LogP contribution is 2.48. The molecule has 0 spiro atoms. The quantitative estimate of drug-likeness (QED) is 0.332. The largest absolute Gasteiger partial charge is 0.434 e. The summed E-state index contributed by atoms with van der Waals surface area (Å²) in [6.07, 6.45) is 2.51. The Kier molecular flexibility index (Phi) is 6.57. The molecule has 2 unspecified atom stereocenters. The lowest BCUT2D eigenvalue weighted by molar-refractivity contribution is -0.108. The lowest BCUT2D eigenvalue weighted by Gasteiger charge is -2.33. The zero-order chi connectivity index (χ0) is 25.5. The first-order chi connectivity index (χ1) is 18.0. The summed E-state index contributed by atoms with van der Waals surface area (Å²) in [5.74, 6) is 0.191. The highest BCUT2D eigenvalue weighted by atomic mass is 35.5. The molecule has 3 aromatic rings. The number of likely N-dealkylation sites (tertiary alicyclic amines) is 1. The minimum Gasteiger partial charge on any atom is -0.339 e. The number of carbonyl (C=O) groups excluding carboxylic acids is 2. The monoisotopic (exact) mass is 536 g/mol. The van der Waals surface area contributed by atoms with Crippen LogP contribution >= 0.6 is 23.2 Å². The molecule has 37 heavy (non-hydrogen) atoms. The number of fused-ring (bicyclic) bond motifs is 3. The summed E-state index contributed by atoms with van der Waals surface area (Å²) in [5.41, 5.74) is 4.56. The highest BCUT2D eigenvalue weighted by molar-refractivity contribution is 6.30. The Morgan fingerprint density at radius 2 is 1.57 bits per heavy atom. The Morgan fingerprint density at radius 1 is 0.919 bits per heavy atom. The number of epoxide rings is 1. The number of rotatable bonds is 5. The van der Waals surface area contributed by atoms with Gasteiger partial charge in [-0.2, -0.15) is 0 Å². The second kappa shape index (κ2) is 10.0. The predicted molar refractivity (Wildman–Crippen MR) is 141 cm³/mol. The molecule has 0 aliphatic carbocycles. The fourth-order valence-corrected chi connectivity index (χ4v) is 5.47. The smallest absolute Gasteiger partial charge is 0.339 e. The third kappa shape index (κ3) is 5.06. The molecule has 0 N–H and O–H groups in total. The van der Waals surface area contributed by atoms with Crippen LogP contribution in [0.3, 0.4) is 0 Å². The Hall–Kier alpha value is -3.06. The number of halogens is 2. The summed E-state index contributed by atoms with van der Waals surface area (Å²) >= 11 is 12.0. The van der Waals surface area contributed by atoms with Crippen molar-refractivity contribution in [3.8, 4) is 11.1 Å². The fourth-order valence-electron chi connectivity index (χ4n) is 5.22. The minimum atomic E-state index is -0.582. The molecule has 0 aromatic heterocycles. The average molecular weight is 537 g/mol. The second-order valence-electron chi connectivity index (χ2n) is 9.84. The van der Waals surface area contributed by atoms with Crippen molar-refractivity contribution >= 4 is 35.2 Å². The van der Waals surface area contributed by atoms with Crippen molar-refractivity contribution in [3.63, 3.8) is 0 Å². The molecular formula is C29H26Cl2N2O4. The Bertz CT molecular complexity index is 1320. The van der Waals surface area contributed by atoms with Crippen LogP contribution in [0.5, 0.6) is 0 Å². The SMILES string of the molecule is O=C(ON1C(=O)c2ccc(-c3ccc(Cl)cc3)cc2C2OC21)N1CCC(CCc2ccc(Cl)cc2)CC1. The standard InChI is InChI=1S/C29H26Cl2N2O4/c30-22-8-3-18(4-9-22)1-2-19-13-15-32(16-14-19)29(35)37-33-27(34)24-12-7-21(17-25(24)26-28(33)36-26)20-5-10-23(31)11-6-20/h3-12,17,19,26,28H,1-2,13-16H2. The van der Waals surface area contributed by atoms with E-state index < -0.39 is 12.3 Å². The summed E-state index contributed by atoms with van der Waals surface area (Å²) in [7, 11) is 0. The number of aryl methyl sites for hydroxylation is 1. The van der Waals surface area contributed by atoms with Gasteiger partial charge in [-0.25, -0.2) is 4.79 Å². The second-order valence-corrected chi connectivity index (χ2v) is 10.7. The number of carbonyl (C=O) groups is 2. The van der Waals surface area contributed by atoms with Crippen LogP contribution in [0.4, 0.5) is 4.79 Å². The van der Waals surface area contributed by atoms with Gasteiger partial charge < -0.3 is 14.5 Å². The van der Waals surface area contributed by atoms with Crippen LogP contribution in [-0.4, -0.2) is 41.3 Å². The molecular weight excluding hydrogens is 511 g/mol. The molecule has 3 aliphatic rings. The van der Waals surface area contributed by atoms with Gasteiger partial charge in [-0.05, 0) is 90.3 Å². The van der Waals surface area contributed by atoms with Crippen molar-refractivity contribution in [1.82, 2.24) is 9.96 Å². The molecule has 2 fully saturated rings. The van der Waals surface area contributed by atoms with E-state index in [2.05, 4.69) is 12.1 Å². The lowest BCUT2D eigenvalue weighted by Crippen LogP contribution is -2.45. The van der Waals surface area contributed by atoms with Crippen LogP contribution < -0.4 is 0 Å². The van der Waals surface area contributed by atoms with Gasteiger partial charge in [0.25, 0.3) is 5.91 Å².